The van der Waals surface area contributed by atoms with E-state index in [1.165, 1.54) is 0 Å². The highest BCUT2D eigenvalue weighted by Gasteiger charge is 2.08. The molecule has 5 heteroatoms. The molecular formula is C17H20N2O2S. The van der Waals surface area contributed by atoms with Crippen LogP contribution in [0.5, 0.6) is 0 Å². The van der Waals surface area contributed by atoms with E-state index in [9.17, 15) is 9.59 Å². The van der Waals surface area contributed by atoms with Crippen molar-refractivity contribution < 1.29 is 9.59 Å². The molecular weight excluding hydrogens is 296 g/mol. The highest BCUT2D eigenvalue weighted by molar-refractivity contribution is 7.10. The molecule has 1 N–H and O–H groups in total. The Morgan fingerprint density at radius 3 is 2.68 bits per heavy atom. The minimum atomic E-state index is -0.0106. The smallest absolute Gasteiger partial charge is 0.253 e. The maximum atomic E-state index is 11.9. The molecule has 0 unspecified atom stereocenters. The Labute approximate surface area is 134 Å². The van der Waals surface area contributed by atoms with Crippen molar-refractivity contribution in [3.63, 3.8) is 0 Å². The second-order valence-electron chi connectivity index (χ2n) is 5.26. The SMILES string of the molecule is CN(C)C(=O)c1cccc(CCNC(=O)Cc2cccs2)c1. The largest absolute Gasteiger partial charge is 0.355 e. The molecule has 0 fully saturated rings. The number of amides is 2. The Kier molecular flexibility index (Phi) is 5.72. The van der Waals surface area contributed by atoms with Crippen molar-refractivity contribution in [3.05, 3.63) is 57.8 Å². The first-order valence-corrected chi connectivity index (χ1v) is 8.04. The van der Waals surface area contributed by atoms with Crippen LogP contribution in [0, 0.1) is 0 Å². The van der Waals surface area contributed by atoms with Crippen LogP contribution in [-0.4, -0.2) is 37.4 Å². The van der Waals surface area contributed by atoms with Crippen LogP contribution < -0.4 is 5.32 Å². The van der Waals surface area contributed by atoms with E-state index in [0.29, 0.717) is 24.9 Å². The zero-order valence-corrected chi connectivity index (χ0v) is 13.7. The number of carbonyl (C=O) groups excluding carboxylic acids is 2. The van der Waals surface area contributed by atoms with Crippen molar-refractivity contribution in [2.24, 2.45) is 0 Å². The van der Waals surface area contributed by atoms with E-state index in [2.05, 4.69) is 5.32 Å². The zero-order chi connectivity index (χ0) is 15.9. The Balaban J connectivity index is 1.83. The van der Waals surface area contributed by atoms with E-state index in [1.807, 2.05) is 35.7 Å². The monoisotopic (exact) mass is 316 g/mol. The number of benzene rings is 1. The molecule has 2 rings (SSSR count). The predicted molar refractivity (Wildman–Crippen MR) is 89.2 cm³/mol. The molecule has 0 atom stereocenters. The molecule has 1 aromatic heterocycles. The van der Waals surface area contributed by atoms with Gasteiger partial charge in [0, 0.05) is 31.1 Å². The predicted octanol–water partition coefficient (Wildman–Crippen LogP) is 2.35. The van der Waals surface area contributed by atoms with Crippen molar-refractivity contribution in [3.8, 4) is 0 Å². The fraction of sp³-hybridized carbons (Fsp3) is 0.294. The molecule has 0 aliphatic carbocycles. The molecule has 22 heavy (non-hydrogen) atoms. The average Bonchev–Trinajstić information content (AvgIpc) is 2.99. The van der Waals surface area contributed by atoms with Crippen molar-refractivity contribution in [2.45, 2.75) is 12.8 Å². The Morgan fingerprint density at radius 1 is 1.18 bits per heavy atom. The molecule has 1 aromatic carbocycles. The summed E-state index contributed by atoms with van der Waals surface area (Å²) in [6.45, 7) is 0.573. The molecule has 1 heterocycles. The Hall–Kier alpha value is -2.14. The van der Waals surface area contributed by atoms with E-state index in [4.69, 9.17) is 0 Å². The van der Waals surface area contributed by atoms with Gasteiger partial charge >= 0.3 is 0 Å². The summed E-state index contributed by atoms with van der Waals surface area (Å²) >= 11 is 1.59. The van der Waals surface area contributed by atoms with Gasteiger partial charge in [0.25, 0.3) is 5.91 Å². The molecule has 0 radical (unpaired) electrons. The number of carbonyl (C=O) groups is 2. The summed E-state index contributed by atoms with van der Waals surface area (Å²) in [5, 5.41) is 4.88. The van der Waals surface area contributed by atoms with Gasteiger partial charge in [0.1, 0.15) is 0 Å². The molecule has 0 aliphatic rings. The summed E-state index contributed by atoms with van der Waals surface area (Å²) < 4.78 is 0. The first-order valence-electron chi connectivity index (χ1n) is 7.16. The van der Waals surface area contributed by atoms with Gasteiger partial charge in [0.15, 0.2) is 0 Å². The summed E-state index contributed by atoms with van der Waals surface area (Å²) in [5.41, 5.74) is 1.72. The van der Waals surface area contributed by atoms with Gasteiger partial charge < -0.3 is 10.2 Å². The fourth-order valence-electron chi connectivity index (χ4n) is 2.10. The summed E-state index contributed by atoms with van der Waals surface area (Å²) in [6.07, 6.45) is 1.14. The van der Waals surface area contributed by atoms with Crippen molar-refractivity contribution in [1.82, 2.24) is 10.2 Å². The third kappa shape index (κ3) is 4.70. The van der Waals surface area contributed by atoms with Crippen LogP contribution in [0.1, 0.15) is 20.8 Å². The fourth-order valence-corrected chi connectivity index (χ4v) is 2.80. The van der Waals surface area contributed by atoms with Gasteiger partial charge in [0.2, 0.25) is 5.91 Å². The lowest BCUT2D eigenvalue weighted by molar-refractivity contribution is -0.120. The van der Waals surface area contributed by atoms with Crippen molar-refractivity contribution in [2.75, 3.05) is 20.6 Å². The third-order valence-electron chi connectivity index (χ3n) is 3.23. The normalized spacial score (nSPS) is 10.3. The average molecular weight is 316 g/mol. The number of rotatable bonds is 6. The second kappa shape index (κ2) is 7.75. The summed E-state index contributed by atoms with van der Waals surface area (Å²) in [4.78, 5) is 26.3. The highest BCUT2D eigenvalue weighted by Crippen LogP contribution is 2.09. The van der Waals surface area contributed by atoms with Crippen LogP contribution in [0.15, 0.2) is 41.8 Å². The highest BCUT2D eigenvalue weighted by atomic mass is 32.1. The van der Waals surface area contributed by atoms with E-state index >= 15 is 0 Å². The van der Waals surface area contributed by atoms with E-state index in [1.54, 1.807) is 36.4 Å². The quantitative estimate of drug-likeness (QED) is 0.889. The van der Waals surface area contributed by atoms with Crippen LogP contribution in [0.25, 0.3) is 0 Å². The van der Waals surface area contributed by atoms with Crippen LogP contribution >= 0.6 is 11.3 Å². The van der Waals surface area contributed by atoms with E-state index in [0.717, 1.165) is 10.4 Å². The lowest BCUT2D eigenvalue weighted by Gasteiger charge is -2.11. The number of thiophene rings is 1. The molecule has 4 nitrogen and oxygen atoms in total. The second-order valence-corrected chi connectivity index (χ2v) is 6.29. The summed E-state index contributed by atoms with van der Waals surface area (Å²) in [6, 6.07) is 11.4. The molecule has 116 valence electrons. The zero-order valence-electron chi connectivity index (χ0n) is 12.8. The van der Waals surface area contributed by atoms with Gasteiger partial charge in [-0.2, -0.15) is 0 Å². The first kappa shape index (κ1) is 16.2. The van der Waals surface area contributed by atoms with Gasteiger partial charge in [-0.05, 0) is 35.6 Å². The lowest BCUT2D eigenvalue weighted by Crippen LogP contribution is -2.27. The van der Waals surface area contributed by atoms with Crippen LogP contribution in [-0.2, 0) is 17.6 Å². The van der Waals surface area contributed by atoms with Gasteiger partial charge in [-0.3, -0.25) is 9.59 Å². The minimum Gasteiger partial charge on any atom is -0.355 e. The van der Waals surface area contributed by atoms with Gasteiger partial charge in [-0.15, -0.1) is 11.3 Å². The number of nitrogens with zero attached hydrogens (tertiary/aromatic N) is 1. The Morgan fingerprint density at radius 2 is 2.00 bits per heavy atom. The third-order valence-corrected chi connectivity index (χ3v) is 4.11. The first-order chi connectivity index (χ1) is 10.6. The maximum Gasteiger partial charge on any atom is 0.253 e. The summed E-state index contributed by atoms with van der Waals surface area (Å²) in [5.74, 6) is 0.0200. The van der Waals surface area contributed by atoms with E-state index in [-0.39, 0.29) is 11.8 Å². The molecule has 0 aliphatic heterocycles. The van der Waals surface area contributed by atoms with Gasteiger partial charge in [0.05, 0.1) is 6.42 Å². The molecule has 0 bridgehead atoms. The van der Waals surface area contributed by atoms with Gasteiger partial charge in [-0.25, -0.2) is 0 Å². The topological polar surface area (TPSA) is 49.4 Å². The van der Waals surface area contributed by atoms with Gasteiger partial charge in [-0.1, -0.05) is 18.2 Å². The molecule has 2 amide bonds. The number of hydrogen-bond donors (Lipinski definition) is 1. The maximum absolute atomic E-state index is 11.9. The van der Waals surface area contributed by atoms with Crippen molar-refractivity contribution in [1.29, 1.82) is 0 Å². The number of nitrogens with one attached hydrogen (secondary N) is 1. The van der Waals surface area contributed by atoms with Crippen LogP contribution in [0.2, 0.25) is 0 Å². The molecule has 0 saturated carbocycles. The minimum absolute atomic E-state index is 0.0106. The van der Waals surface area contributed by atoms with Crippen LogP contribution in [0.4, 0.5) is 0 Å². The van der Waals surface area contributed by atoms with E-state index < -0.39 is 0 Å². The number of hydrogen-bond acceptors (Lipinski definition) is 3. The molecule has 0 spiro atoms. The van der Waals surface area contributed by atoms with Crippen molar-refractivity contribution >= 4 is 23.2 Å². The lowest BCUT2D eigenvalue weighted by atomic mass is 10.1. The molecule has 2 aromatic rings. The summed E-state index contributed by atoms with van der Waals surface area (Å²) in [7, 11) is 3.47. The van der Waals surface area contributed by atoms with Crippen LogP contribution in [0.3, 0.4) is 0 Å². The Bertz CT molecular complexity index is 636. The standard InChI is InChI=1S/C17H20N2O2S/c1-19(2)17(21)14-6-3-5-13(11-14)8-9-18-16(20)12-15-7-4-10-22-15/h3-7,10-11H,8-9,12H2,1-2H3,(H,18,20). The molecule has 0 saturated heterocycles.